The fraction of sp³-hybridized carbons (Fsp3) is 0.0294. The monoisotopic (exact) mass is 489 g/mol. The van der Waals surface area contributed by atoms with Crippen LogP contribution in [0.4, 0.5) is 0 Å². The van der Waals surface area contributed by atoms with Gasteiger partial charge in [0.15, 0.2) is 0 Å². The van der Waals surface area contributed by atoms with Crippen molar-refractivity contribution in [1.82, 2.24) is 9.88 Å². The molecule has 0 fully saturated rings. The summed E-state index contributed by atoms with van der Waals surface area (Å²) in [5.74, 6) is 0.796. The fourth-order valence-electron chi connectivity index (χ4n) is 5.73. The van der Waals surface area contributed by atoms with E-state index >= 15 is 0 Å². The summed E-state index contributed by atoms with van der Waals surface area (Å²) in [5, 5.41) is 8.27. The standard InChI is InChI=1S/C34H23N3O/c1-3-11-22(12-4-1)27-21-28(23-13-5-2-6-14-23)36-34(35-27)37-29-17-9-7-15-24(29)25-19-20-31-32(33(25)37)26-16-8-10-18-30(26)38-31/h1-21,27H,(H,35,36). The van der Waals surface area contributed by atoms with Crippen LogP contribution in [-0.4, -0.2) is 10.5 Å². The largest absolute Gasteiger partial charge is 0.456 e. The highest BCUT2D eigenvalue weighted by atomic mass is 16.3. The third kappa shape index (κ3) is 3.14. The highest BCUT2D eigenvalue weighted by Crippen LogP contribution is 2.40. The van der Waals surface area contributed by atoms with Crippen molar-refractivity contribution in [2.45, 2.75) is 6.04 Å². The minimum atomic E-state index is -0.126. The maximum absolute atomic E-state index is 6.29. The average molecular weight is 490 g/mol. The molecule has 0 amide bonds. The highest BCUT2D eigenvalue weighted by molar-refractivity contribution is 6.26. The zero-order valence-electron chi connectivity index (χ0n) is 20.5. The van der Waals surface area contributed by atoms with E-state index in [1.54, 1.807) is 0 Å². The number of nitrogens with one attached hydrogen (secondary N) is 1. The molecular weight excluding hydrogens is 466 g/mol. The van der Waals surface area contributed by atoms with Gasteiger partial charge in [0.2, 0.25) is 5.96 Å². The van der Waals surface area contributed by atoms with Crippen molar-refractivity contribution in [1.29, 1.82) is 0 Å². The zero-order valence-corrected chi connectivity index (χ0v) is 20.5. The van der Waals surface area contributed by atoms with Gasteiger partial charge >= 0.3 is 0 Å². The molecule has 3 heterocycles. The van der Waals surface area contributed by atoms with E-state index in [9.17, 15) is 0 Å². The maximum atomic E-state index is 6.29. The maximum Gasteiger partial charge on any atom is 0.208 e. The molecule has 1 atom stereocenters. The number of nitrogens with zero attached hydrogens (tertiary/aromatic N) is 2. The second kappa shape index (κ2) is 8.22. The second-order valence-electron chi connectivity index (χ2n) is 9.67. The van der Waals surface area contributed by atoms with Crippen molar-refractivity contribution >= 4 is 55.4 Å². The van der Waals surface area contributed by atoms with Gasteiger partial charge < -0.3 is 9.73 Å². The summed E-state index contributed by atoms with van der Waals surface area (Å²) in [5.41, 5.74) is 7.28. The van der Waals surface area contributed by atoms with E-state index in [2.05, 4.69) is 113 Å². The lowest BCUT2D eigenvalue weighted by Crippen LogP contribution is -2.32. The minimum absolute atomic E-state index is 0.126. The lowest BCUT2D eigenvalue weighted by Gasteiger charge is -2.24. The number of furan rings is 1. The molecule has 1 unspecified atom stereocenters. The predicted octanol–water partition coefficient (Wildman–Crippen LogP) is 8.28. The van der Waals surface area contributed by atoms with Crippen LogP contribution in [0.1, 0.15) is 17.2 Å². The smallest absolute Gasteiger partial charge is 0.208 e. The first kappa shape index (κ1) is 21.0. The van der Waals surface area contributed by atoms with E-state index in [-0.39, 0.29) is 6.04 Å². The van der Waals surface area contributed by atoms with Crippen molar-refractivity contribution in [2.24, 2.45) is 4.99 Å². The molecule has 4 heteroatoms. The van der Waals surface area contributed by atoms with E-state index in [0.29, 0.717) is 0 Å². The van der Waals surface area contributed by atoms with Crippen LogP contribution < -0.4 is 5.32 Å². The molecule has 0 radical (unpaired) electrons. The lowest BCUT2D eigenvalue weighted by atomic mass is 10.0. The number of hydrogen-bond acceptors (Lipinski definition) is 3. The Hall–Kier alpha value is -5.09. The van der Waals surface area contributed by atoms with Gasteiger partial charge in [-0.25, -0.2) is 4.99 Å². The molecule has 0 spiro atoms. The van der Waals surface area contributed by atoms with Crippen LogP contribution in [-0.2, 0) is 0 Å². The fourth-order valence-corrected chi connectivity index (χ4v) is 5.73. The Kier molecular flexibility index (Phi) is 4.55. The van der Waals surface area contributed by atoms with Gasteiger partial charge in [0.05, 0.1) is 22.5 Å². The third-order valence-electron chi connectivity index (χ3n) is 7.44. The molecule has 0 bridgehead atoms. The van der Waals surface area contributed by atoms with E-state index in [4.69, 9.17) is 9.41 Å². The molecule has 2 aromatic heterocycles. The SMILES string of the molecule is C1=C(c2ccccc2)NC(n2c3ccccc3c3ccc4oc5ccccc5c4c32)=NC1c1ccccc1. The summed E-state index contributed by atoms with van der Waals surface area (Å²) in [7, 11) is 0. The predicted molar refractivity (Wildman–Crippen MR) is 156 cm³/mol. The number of rotatable bonds is 2. The molecule has 1 N–H and O–H groups in total. The number of benzene rings is 5. The molecule has 4 nitrogen and oxygen atoms in total. The Morgan fingerprint density at radius 1 is 0.632 bits per heavy atom. The van der Waals surface area contributed by atoms with Crippen molar-refractivity contribution in [3.63, 3.8) is 0 Å². The zero-order chi connectivity index (χ0) is 25.1. The van der Waals surface area contributed by atoms with Crippen LogP contribution in [0.5, 0.6) is 0 Å². The summed E-state index contributed by atoms with van der Waals surface area (Å²) >= 11 is 0. The van der Waals surface area contributed by atoms with Gasteiger partial charge in [-0.2, -0.15) is 0 Å². The molecule has 0 aliphatic carbocycles. The van der Waals surface area contributed by atoms with Crippen LogP contribution in [0, 0.1) is 0 Å². The van der Waals surface area contributed by atoms with E-state index < -0.39 is 0 Å². The molecule has 5 aromatic carbocycles. The van der Waals surface area contributed by atoms with Crippen LogP contribution in [0.15, 0.2) is 137 Å². The molecule has 38 heavy (non-hydrogen) atoms. The lowest BCUT2D eigenvalue weighted by molar-refractivity contribution is 0.669. The molecule has 1 aliphatic rings. The van der Waals surface area contributed by atoms with Crippen molar-refractivity contribution in [2.75, 3.05) is 0 Å². The first-order chi connectivity index (χ1) is 18.8. The van der Waals surface area contributed by atoms with Gasteiger partial charge in [-0.15, -0.1) is 0 Å². The van der Waals surface area contributed by atoms with Gasteiger partial charge in [0, 0.05) is 21.9 Å². The number of aliphatic imine (C=N–C) groups is 1. The number of fused-ring (bicyclic) bond motifs is 7. The Labute approximate surface area is 219 Å². The summed E-state index contributed by atoms with van der Waals surface area (Å²) in [6.07, 6.45) is 2.21. The van der Waals surface area contributed by atoms with Crippen LogP contribution >= 0.6 is 0 Å². The molecular formula is C34H23N3O. The number of hydrogen-bond donors (Lipinski definition) is 1. The van der Waals surface area contributed by atoms with Gasteiger partial charge in [0.1, 0.15) is 11.2 Å². The average Bonchev–Trinajstić information content (AvgIpc) is 3.53. The number of para-hydroxylation sites is 2. The Balaban J connectivity index is 1.46. The first-order valence-electron chi connectivity index (χ1n) is 12.9. The molecule has 8 rings (SSSR count). The molecule has 180 valence electrons. The summed E-state index contributed by atoms with van der Waals surface area (Å²) < 4.78 is 8.57. The second-order valence-corrected chi connectivity index (χ2v) is 9.67. The normalized spacial score (nSPS) is 15.6. The van der Waals surface area contributed by atoms with Crippen molar-refractivity contribution < 1.29 is 4.42 Å². The van der Waals surface area contributed by atoms with Gasteiger partial charge in [-0.05, 0) is 41.5 Å². The summed E-state index contributed by atoms with van der Waals surface area (Å²) in [6.45, 7) is 0. The summed E-state index contributed by atoms with van der Waals surface area (Å²) in [4.78, 5) is 5.30. The molecule has 7 aromatic rings. The van der Waals surface area contributed by atoms with Crippen LogP contribution in [0.25, 0.3) is 49.4 Å². The molecule has 0 saturated heterocycles. The minimum Gasteiger partial charge on any atom is -0.456 e. The molecule has 0 saturated carbocycles. The third-order valence-corrected chi connectivity index (χ3v) is 7.44. The van der Waals surface area contributed by atoms with Crippen LogP contribution in [0.2, 0.25) is 0 Å². The Morgan fingerprint density at radius 3 is 2.18 bits per heavy atom. The van der Waals surface area contributed by atoms with Gasteiger partial charge in [-0.1, -0.05) is 97.1 Å². The van der Waals surface area contributed by atoms with Gasteiger partial charge in [0.25, 0.3) is 0 Å². The summed E-state index contributed by atoms with van der Waals surface area (Å²) in [6, 6.07) is 41.9. The highest BCUT2D eigenvalue weighted by Gasteiger charge is 2.24. The van der Waals surface area contributed by atoms with Crippen molar-refractivity contribution in [3.8, 4) is 0 Å². The van der Waals surface area contributed by atoms with E-state index in [1.807, 2.05) is 24.3 Å². The Morgan fingerprint density at radius 2 is 1.34 bits per heavy atom. The van der Waals surface area contributed by atoms with Gasteiger partial charge in [-0.3, -0.25) is 4.57 Å². The van der Waals surface area contributed by atoms with Crippen molar-refractivity contribution in [3.05, 3.63) is 139 Å². The quantitative estimate of drug-likeness (QED) is 0.265. The first-order valence-corrected chi connectivity index (χ1v) is 12.9. The molecule has 1 aliphatic heterocycles. The topological polar surface area (TPSA) is 42.5 Å². The van der Waals surface area contributed by atoms with E-state index in [1.165, 1.54) is 10.8 Å². The number of aromatic nitrogens is 1. The van der Waals surface area contributed by atoms with Crippen LogP contribution in [0.3, 0.4) is 0 Å². The Bertz CT molecular complexity index is 2050. The van der Waals surface area contributed by atoms with E-state index in [0.717, 1.165) is 55.8 Å².